The van der Waals surface area contributed by atoms with Crippen LogP contribution in [0.5, 0.6) is 0 Å². The molecule has 0 heterocycles. The summed E-state index contributed by atoms with van der Waals surface area (Å²) < 4.78 is 26.6. The molecule has 0 fully saturated rings. The predicted molar refractivity (Wildman–Crippen MR) is 70.3 cm³/mol. The van der Waals surface area contributed by atoms with Gasteiger partial charge in [0, 0.05) is 17.1 Å². The Balaban J connectivity index is 3.22. The Labute approximate surface area is 110 Å². The third-order valence-corrected chi connectivity index (χ3v) is 5.41. The van der Waals surface area contributed by atoms with Gasteiger partial charge in [0.2, 0.25) is 10.0 Å². The summed E-state index contributed by atoms with van der Waals surface area (Å²) in [5, 5.41) is 8.95. The van der Waals surface area contributed by atoms with Crippen molar-refractivity contribution in [3.63, 3.8) is 0 Å². The van der Waals surface area contributed by atoms with E-state index in [0.29, 0.717) is 4.47 Å². The summed E-state index contributed by atoms with van der Waals surface area (Å²) in [6, 6.07) is 6.47. The fourth-order valence-electron chi connectivity index (χ4n) is 1.53. The molecule has 17 heavy (non-hydrogen) atoms. The maximum absolute atomic E-state index is 12.4. The van der Waals surface area contributed by atoms with Gasteiger partial charge in [-0.3, -0.25) is 0 Å². The fourth-order valence-corrected chi connectivity index (χ4v) is 4.13. The third-order valence-electron chi connectivity index (χ3n) is 2.32. The van der Waals surface area contributed by atoms with E-state index in [1.165, 1.54) is 4.31 Å². The first kappa shape index (κ1) is 14.6. The van der Waals surface area contributed by atoms with Crippen molar-refractivity contribution < 1.29 is 13.5 Å². The molecule has 0 radical (unpaired) electrons. The molecule has 0 aromatic heterocycles. The van der Waals surface area contributed by atoms with Gasteiger partial charge in [-0.2, -0.15) is 4.31 Å². The van der Waals surface area contributed by atoms with Crippen LogP contribution in [0.4, 0.5) is 0 Å². The highest BCUT2D eigenvalue weighted by Gasteiger charge is 2.27. The van der Waals surface area contributed by atoms with Gasteiger partial charge in [-0.15, -0.1) is 0 Å². The lowest BCUT2D eigenvalue weighted by atomic mass is 10.4. The molecule has 6 heteroatoms. The summed E-state index contributed by atoms with van der Waals surface area (Å²) in [5.41, 5.74) is 0. The monoisotopic (exact) mass is 321 g/mol. The van der Waals surface area contributed by atoms with Gasteiger partial charge in [0.25, 0.3) is 0 Å². The first-order valence-corrected chi connectivity index (χ1v) is 7.51. The SMILES string of the molecule is CC(C)N(CCO)S(=O)(=O)c1ccccc1Br. The number of hydrogen-bond donors (Lipinski definition) is 1. The molecule has 0 atom stereocenters. The largest absolute Gasteiger partial charge is 0.395 e. The van der Waals surface area contributed by atoms with Gasteiger partial charge in [0.15, 0.2) is 0 Å². The van der Waals surface area contributed by atoms with Crippen molar-refractivity contribution in [2.24, 2.45) is 0 Å². The van der Waals surface area contributed by atoms with Gasteiger partial charge in [0.05, 0.1) is 11.5 Å². The lowest BCUT2D eigenvalue weighted by Crippen LogP contribution is -2.39. The van der Waals surface area contributed by atoms with Gasteiger partial charge in [-0.1, -0.05) is 12.1 Å². The minimum atomic E-state index is -3.57. The van der Waals surface area contributed by atoms with E-state index in [1.807, 2.05) is 0 Å². The van der Waals surface area contributed by atoms with E-state index < -0.39 is 10.0 Å². The molecule has 0 bridgehead atoms. The summed E-state index contributed by atoms with van der Waals surface area (Å²) in [6.07, 6.45) is 0. The molecule has 4 nitrogen and oxygen atoms in total. The van der Waals surface area contributed by atoms with E-state index in [0.717, 1.165) is 0 Å². The lowest BCUT2D eigenvalue weighted by Gasteiger charge is -2.25. The normalized spacial score (nSPS) is 12.4. The zero-order valence-corrected chi connectivity index (χ0v) is 12.2. The van der Waals surface area contributed by atoms with Crippen molar-refractivity contribution in [2.45, 2.75) is 24.8 Å². The van der Waals surface area contributed by atoms with Crippen molar-refractivity contribution >= 4 is 26.0 Å². The van der Waals surface area contributed by atoms with E-state index >= 15 is 0 Å². The van der Waals surface area contributed by atoms with Crippen LogP contribution < -0.4 is 0 Å². The molecule has 0 amide bonds. The van der Waals surface area contributed by atoms with E-state index in [-0.39, 0.29) is 24.1 Å². The molecule has 0 unspecified atom stereocenters. The maximum atomic E-state index is 12.4. The fraction of sp³-hybridized carbons (Fsp3) is 0.455. The number of aliphatic hydroxyl groups excluding tert-OH is 1. The summed E-state index contributed by atoms with van der Waals surface area (Å²) >= 11 is 3.23. The Hall–Kier alpha value is -0.430. The van der Waals surface area contributed by atoms with E-state index in [1.54, 1.807) is 38.1 Å². The van der Waals surface area contributed by atoms with E-state index in [9.17, 15) is 8.42 Å². The molecular weight excluding hydrogens is 306 g/mol. The Kier molecular flexibility index (Phi) is 5.12. The Morgan fingerprint density at radius 1 is 1.35 bits per heavy atom. The Morgan fingerprint density at radius 2 is 1.94 bits per heavy atom. The molecular formula is C11H16BrNO3S. The minimum Gasteiger partial charge on any atom is -0.395 e. The van der Waals surface area contributed by atoms with Crippen LogP contribution >= 0.6 is 15.9 Å². The zero-order chi connectivity index (χ0) is 13.1. The molecule has 96 valence electrons. The molecule has 0 saturated heterocycles. The van der Waals surface area contributed by atoms with Crippen LogP contribution in [0, 0.1) is 0 Å². The standard InChI is InChI=1S/C11H16BrNO3S/c1-9(2)13(7-8-14)17(15,16)11-6-4-3-5-10(11)12/h3-6,9,14H,7-8H2,1-2H3. The van der Waals surface area contributed by atoms with Crippen molar-refractivity contribution in [1.29, 1.82) is 0 Å². The van der Waals surface area contributed by atoms with Crippen molar-refractivity contribution in [2.75, 3.05) is 13.2 Å². The van der Waals surface area contributed by atoms with Gasteiger partial charge in [0.1, 0.15) is 0 Å². The molecule has 0 spiro atoms. The minimum absolute atomic E-state index is 0.0985. The van der Waals surface area contributed by atoms with Crippen molar-refractivity contribution in [3.8, 4) is 0 Å². The van der Waals surface area contributed by atoms with Gasteiger partial charge >= 0.3 is 0 Å². The number of halogens is 1. The average molecular weight is 322 g/mol. The molecule has 1 aromatic rings. The maximum Gasteiger partial charge on any atom is 0.244 e. The van der Waals surface area contributed by atoms with Crippen LogP contribution in [0.1, 0.15) is 13.8 Å². The number of benzene rings is 1. The Morgan fingerprint density at radius 3 is 2.41 bits per heavy atom. The smallest absolute Gasteiger partial charge is 0.244 e. The first-order valence-electron chi connectivity index (χ1n) is 5.28. The van der Waals surface area contributed by atoms with Crippen molar-refractivity contribution in [3.05, 3.63) is 28.7 Å². The molecule has 0 aliphatic rings. The third kappa shape index (κ3) is 3.28. The quantitative estimate of drug-likeness (QED) is 0.900. The van der Waals surface area contributed by atoms with Crippen LogP contribution in [0.3, 0.4) is 0 Å². The Bertz CT molecular complexity index is 473. The predicted octanol–water partition coefficient (Wildman–Crippen LogP) is 1.84. The second-order valence-electron chi connectivity index (χ2n) is 3.86. The van der Waals surface area contributed by atoms with Gasteiger partial charge in [-0.05, 0) is 41.9 Å². The molecule has 0 aliphatic heterocycles. The lowest BCUT2D eigenvalue weighted by molar-refractivity contribution is 0.236. The van der Waals surface area contributed by atoms with Crippen LogP contribution in [0.15, 0.2) is 33.6 Å². The molecule has 1 aromatic carbocycles. The highest BCUT2D eigenvalue weighted by Crippen LogP contribution is 2.25. The van der Waals surface area contributed by atoms with Crippen LogP contribution in [-0.4, -0.2) is 37.0 Å². The number of nitrogens with zero attached hydrogens (tertiary/aromatic N) is 1. The van der Waals surface area contributed by atoms with Crippen LogP contribution in [0.25, 0.3) is 0 Å². The highest BCUT2D eigenvalue weighted by molar-refractivity contribution is 9.10. The number of sulfonamides is 1. The second-order valence-corrected chi connectivity index (χ2v) is 6.58. The zero-order valence-electron chi connectivity index (χ0n) is 9.80. The van der Waals surface area contributed by atoms with Crippen LogP contribution in [-0.2, 0) is 10.0 Å². The van der Waals surface area contributed by atoms with Gasteiger partial charge < -0.3 is 5.11 Å². The average Bonchev–Trinajstić information content (AvgIpc) is 2.25. The topological polar surface area (TPSA) is 57.6 Å². The second kappa shape index (κ2) is 5.95. The summed E-state index contributed by atoms with van der Waals surface area (Å²) in [7, 11) is -3.57. The van der Waals surface area contributed by atoms with Gasteiger partial charge in [-0.25, -0.2) is 8.42 Å². The molecule has 0 saturated carbocycles. The van der Waals surface area contributed by atoms with E-state index in [4.69, 9.17) is 5.11 Å². The number of rotatable bonds is 5. The molecule has 1 rings (SSSR count). The highest BCUT2D eigenvalue weighted by atomic mass is 79.9. The summed E-state index contributed by atoms with van der Waals surface area (Å²) in [5.74, 6) is 0. The molecule has 1 N–H and O–H groups in total. The summed E-state index contributed by atoms with van der Waals surface area (Å²) in [4.78, 5) is 0.224. The van der Waals surface area contributed by atoms with E-state index in [2.05, 4.69) is 15.9 Å². The first-order chi connectivity index (χ1) is 7.91. The number of hydrogen-bond acceptors (Lipinski definition) is 3. The molecule has 0 aliphatic carbocycles. The van der Waals surface area contributed by atoms with Crippen LogP contribution in [0.2, 0.25) is 0 Å². The van der Waals surface area contributed by atoms with Crippen molar-refractivity contribution in [1.82, 2.24) is 4.31 Å². The summed E-state index contributed by atoms with van der Waals surface area (Å²) in [6.45, 7) is 3.47. The number of aliphatic hydroxyl groups is 1.